The third-order valence-electron chi connectivity index (χ3n) is 2.63. The number of rotatable bonds is 5. The number of Topliss-reactive ketones (excluding diaryl/α,β-unsaturated/α-hetero) is 1. The third kappa shape index (κ3) is 3.68. The lowest BCUT2D eigenvalue weighted by atomic mass is 10.1. The molecule has 0 aliphatic heterocycles. The number of aromatic hydroxyl groups is 1. The van der Waals surface area contributed by atoms with Crippen molar-refractivity contribution in [3.8, 4) is 11.5 Å². The summed E-state index contributed by atoms with van der Waals surface area (Å²) in [5.41, 5.74) is 1.16. The van der Waals surface area contributed by atoms with E-state index in [0.29, 0.717) is 17.9 Å². The standard InChI is InChI=1S/C16H15NO3/c1-2-20-15-9-3-12(4-10-15)16(19)11-17-13-5-7-14(18)8-6-13/h3-11,18H,2H2,1H3. The van der Waals surface area contributed by atoms with E-state index in [9.17, 15) is 4.79 Å². The molecule has 0 atom stereocenters. The van der Waals surface area contributed by atoms with Crippen LogP contribution in [0.25, 0.3) is 0 Å². The molecule has 0 radical (unpaired) electrons. The molecule has 0 saturated heterocycles. The number of carbonyl (C=O) groups is 1. The summed E-state index contributed by atoms with van der Waals surface area (Å²) in [6.07, 6.45) is 1.27. The van der Waals surface area contributed by atoms with Crippen molar-refractivity contribution in [2.75, 3.05) is 6.61 Å². The first kappa shape index (κ1) is 13.8. The molecule has 4 heteroatoms. The fraction of sp³-hybridized carbons (Fsp3) is 0.125. The summed E-state index contributed by atoms with van der Waals surface area (Å²) in [7, 11) is 0. The van der Waals surface area contributed by atoms with Gasteiger partial charge in [0.05, 0.1) is 18.5 Å². The van der Waals surface area contributed by atoms with E-state index < -0.39 is 0 Å². The predicted molar refractivity (Wildman–Crippen MR) is 78.2 cm³/mol. The van der Waals surface area contributed by atoms with Crippen molar-refractivity contribution in [2.24, 2.45) is 4.99 Å². The van der Waals surface area contributed by atoms with Crippen LogP contribution in [0, 0.1) is 0 Å². The average molecular weight is 269 g/mol. The number of phenols is 1. The summed E-state index contributed by atoms with van der Waals surface area (Å²) in [6, 6.07) is 13.2. The van der Waals surface area contributed by atoms with Crippen LogP contribution >= 0.6 is 0 Å². The number of phenolic OH excluding ortho intramolecular Hbond substituents is 1. The van der Waals surface area contributed by atoms with E-state index in [1.807, 2.05) is 6.92 Å². The SMILES string of the molecule is CCOc1ccc(C(=O)C=Nc2ccc(O)cc2)cc1. The van der Waals surface area contributed by atoms with Crippen LogP contribution in [0.15, 0.2) is 53.5 Å². The van der Waals surface area contributed by atoms with Gasteiger partial charge in [0.2, 0.25) is 5.78 Å². The van der Waals surface area contributed by atoms with Crippen molar-refractivity contribution in [3.63, 3.8) is 0 Å². The highest BCUT2D eigenvalue weighted by Crippen LogP contribution is 2.16. The minimum atomic E-state index is -0.180. The quantitative estimate of drug-likeness (QED) is 0.668. The van der Waals surface area contributed by atoms with Gasteiger partial charge in [0.1, 0.15) is 11.5 Å². The van der Waals surface area contributed by atoms with Gasteiger partial charge in [-0.05, 0) is 55.5 Å². The van der Waals surface area contributed by atoms with Crippen LogP contribution in [0.4, 0.5) is 5.69 Å². The second kappa shape index (κ2) is 6.52. The van der Waals surface area contributed by atoms with Gasteiger partial charge in [0, 0.05) is 5.56 Å². The number of hydrogen-bond acceptors (Lipinski definition) is 4. The molecule has 1 N–H and O–H groups in total. The molecule has 0 bridgehead atoms. The number of carbonyl (C=O) groups excluding carboxylic acids is 1. The van der Waals surface area contributed by atoms with E-state index in [2.05, 4.69) is 4.99 Å². The van der Waals surface area contributed by atoms with Crippen LogP contribution in [0.5, 0.6) is 11.5 Å². The largest absolute Gasteiger partial charge is 0.508 e. The molecule has 0 spiro atoms. The molecule has 0 saturated carbocycles. The van der Waals surface area contributed by atoms with Gasteiger partial charge in [-0.15, -0.1) is 0 Å². The molecule has 0 aliphatic rings. The van der Waals surface area contributed by atoms with Gasteiger partial charge in [-0.2, -0.15) is 0 Å². The van der Waals surface area contributed by atoms with E-state index in [1.54, 1.807) is 36.4 Å². The number of ketones is 1. The molecule has 0 unspecified atom stereocenters. The maximum atomic E-state index is 11.9. The second-order valence-corrected chi connectivity index (χ2v) is 4.10. The first-order valence-electron chi connectivity index (χ1n) is 6.29. The maximum Gasteiger partial charge on any atom is 0.204 e. The molecule has 2 aromatic carbocycles. The summed E-state index contributed by atoms with van der Waals surface area (Å²) >= 11 is 0. The smallest absolute Gasteiger partial charge is 0.204 e. The van der Waals surface area contributed by atoms with Gasteiger partial charge in [-0.3, -0.25) is 9.79 Å². The molecule has 2 rings (SSSR count). The Morgan fingerprint density at radius 2 is 1.80 bits per heavy atom. The summed E-state index contributed by atoms with van der Waals surface area (Å²) in [5, 5.41) is 9.15. The number of hydrogen-bond donors (Lipinski definition) is 1. The average Bonchev–Trinajstić information content (AvgIpc) is 2.47. The second-order valence-electron chi connectivity index (χ2n) is 4.10. The van der Waals surface area contributed by atoms with E-state index in [0.717, 1.165) is 5.75 Å². The molecule has 102 valence electrons. The minimum absolute atomic E-state index is 0.168. The Morgan fingerprint density at radius 1 is 1.15 bits per heavy atom. The van der Waals surface area contributed by atoms with E-state index in [1.165, 1.54) is 18.3 Å². The summed E-state index contributed by atoms with van der Waals surface area (Å²) < 4.78 is 5.31. The molecular weight excluding hydrogens is 254 g/mol. The highest BCUT2D eigenvalue weighted by Gasteiger charge is 2.02. The fourth-order valence-corrected chi connectivity index (χ4v) is 1.63. The van der Waals surface area contributed by atoms with E-state index >= 15 is 0 Å². The van der Waals surface area contributed by atoms with Gasteiger partial charge in [-0.25, -0.2) is 0 Å². The predicted octanol–water partition coefficient (Wildman–Crippen LogP) is 3.38. The van der Waals surface area contributed by atoms with Crippen LogP contribution in [-0.2, 0) is 0 Å². The number of ether oxygens (including phenoxy) is 1. The number of benzene rings is 2. The first-order chi connectivity index (χ1) is 9.69. The van der Waals surface area contributed by atoms with Crippen molar-refractivity contribution in [1.82, 2.24) is 0 Å². The van der Waals surface area contributed by atoms with Crippen molar-refractivity contribution < 1.29 is 14.6 Å². The molecule has 0 aliphatic carbocycles. The zero-order valence-corrected chi connectivity index (χ0v) is 11.1. The Labute approximate surface area is 117 Å². The topological polar surface area (TPSA) is 58.9 Å². The fourth-order valence-electron chi connectivity index (χ4n) is 1.63. The highest BCUT2D eigenvalue weighted by atomic mass is 16.5. The molecule has 2 aromatic rings. The van der Waals surface area contributed by atoms with Gasteiger partial charge in [-0.1, -0.05) is 0 Å². The molecule has 0 heterocycles. The molecular formula is C16H15NO3. The van der Waals surface area contributed by atoms with Gasteiger partial charge >= 0.3 is 0 Å². The van der Waals surface area contributed by atoms with Crippen molar-refractivity contribution >= 4 is 17.7 Å². The van der Waals surface area contributed by atoms with Crippen LogP contribution in [-0.4, -0.2) is 23.7 Å². The Morgan fingerprint density at radius 3 is 2.40 bits per heavy atom. The van der Waals surface area contributed by atoms with Crippen molar-refractivity contribution in [1.29, 1.82) is 0 Å². The van der Waals surface area contributed by atoms with Crippen LogP contribution in [0.1, 0.15) is 17.3 Å². The Kier molecular flexibility index (Phi) is 4.50. The number of aliphatic imine (C=N–C) groups is 1. The molecule has 4 nitrogen and oxygen atoms in total. The highest BCUT2D eigenvalue weighted by molar-refractivity contribution is 6.35. The zero-order valence-electron chi connectivity index (χ0n) is 11.1. The molecule has 0 fully saturated rings. The monoisotopic (exact) mass is 269 g/mol. The van der Waals surface area contributed by atoms with Crippen LogP contribution in [0.3, 0.4) is 0 Å². The lowest BCUT2D eigenvalue weighted by Crippen LogP contribution is -2.00. The zero-order chi connectivity index (χ0) is 14.4. The van der Waals surface area contributed by atoms with Crippen LogP contribution < -0.4 is 4.74 Å². The van der Waals surface area contributed by atoms with Gasteiger partial charge in [0.15, 0.2) is 0 Å². The Balaban J connectivity index is 2.05. The van der Waals surface area contributed by atoms with Crippen LogP contribution in [0.2, 0.25) is 0 Å². The number of nitrogens with zero attached hydrogens (tertiary/aromatic N) is 1. The summed E-state index contributed by atoms with van der Waals surface area (Å²) in [4.78, 5) is 16.0. The molecule has 0 aromatic heterocycles. The lowest BCUT2D eigenvalue weighted by Gasteiger charge is -2.02. The molecule has 20 heavy (non-hydrogen) atoms. The van der Waals surface area contributed by atoms with Crippen molar-refractivity contribution in [3.05, 3.63) is 54.1 Å². The third-order valence-corrected chi connectivity index (χ3v) is 2.63. The van der Waals surface area contributed by atoms with Gasteiger partial charge < -0.3 is 9.84 Å². The summed E-state index contributed by atoms with van der Waals surface area (Å²) in [6.45, 7) is 2.50. The molecule has 0 amide bonds. The Hall–Kier alpha value is -2.62. The normalized spacial score (nSPS) is 10.7. The minimum Gasteiger partial charge on any atom is -0.508 e. The lowest BCUT2D eigenvalue weighted by molar-refractivity contribution is 0.107. The maximum absolute atomic E-state index is 11.9. The van der Waals surface area contributed by atoms with Gasteiger partial charge in [0.25, 0.3) is 0 Å². The van der Waals surface area contributed by atoms with E-state index in [4.69, 9.17) is 9.84 Å². The first-order valence-corrected chi connectivity index (χ1v) is 6.29. The summed E-state index contributed by atoms with van der Waals surface area (Å²) in [5.74, 6) is 0.724. The van der Waals surface area contributed by atoms with E-state index in [-0.39, 0.29) is 11.5 Å². The Bertz CT molecular complexity index is 601. The van der Waals surface area contributed by atoms with Crippen molar-refractivity contribution in [2.45, 2.75) is 6.92 Å².